The average molecular weight is 332 g/mol. The molecular formula is C17H18ClN3O2. The summed E-state index contributed by atoms with van der Waals surface area (Å²) >= 11 is 6.18. The number of carbonyl (C=O) groups is 1. The van der Waals surface area contributed by atoms with Gasteiger partial charge in [-0.2, -0.15) is 0 Å². The van der Waals surface area contributed by atoms with Crippen LogP contribution >= 0.6 is 11.6 Å². The number of anilines is 1. The van der Waals surface area contributed by atoms with Gasteiger partial charge < -0.3 is 14.5 Å². The quantitative estimate of drug-likeness (QED) is 0.867. The Morgan fingerprint density at radius 3 is 2.61 bits per heavy atom. The second kappa shape index (κ2) is 6.87. The highest BCUT2D eigenvalue weighted by atomic mass is 35.5. The van der Waals surface area contributed by atoms with E-state index in [-0.39, 0.29) is 5.91 Å². The van der Waals surface area contributed by atoms with Crippen molar-refractivity contribution in [3.63, 3.8) is 0 Å². The minimum Gasteiger partial charge on any atom is -0.495 e. The molecule has 0 unspecified atom stereocenters. The van der Waals surface area contributed by atoms with E-state index in [0.29, 0.717) is 29.4 Å². The number of pyridine rings is 1. The van der Waals surface area contributed by atoms with Crippen LogP contribution in [0, 0.1) is 0 Å². The Morgan fingerprint density at radius 2 is 2.00 bits per heavy atom. The van der Waals surface area contributed by atoms with Gasteiger partial charge in [0.25, 0.3) is 5.91 Å². The topological polar surface area (TPSA) is 45.7 Å². The third-order valence-electron chi connectivity index (χ3n) is 3.98. The van der Waals surface area contributed by atoms with Crippen LogP contribution in [0.4, 0.5) is 5.69 Å². The van der Waals surface area contributed by atoms with Crippen molar-refractivity contribution in [3.05, 3.63) is 53.3 Å². The molecule has 1 aromatic carbocycles. The van der Waals surface area contributed by atoms with Crippen LogP contribution in [0.15, 0.2) is 42.7 Å². The summed E-state index contributed by atoms with van der Waals surface area (Å²) in [5.41, 5.74) is 1.68. The zero-order chi connectivity index (χ0) is 16.2. The Hall–Kier alpha value is -2.27. The first-order valence-corrected chi connectivity index (χ1v) is 7.84. The van der Waals surface area contributed by atoms with Crippen molar-refractivity contribution in [1.82, 2.24) is 9.88 Å². The summed E-state index contributed by atoms with van der Waals surface area (Å²) in [5.74, 6) is 0.700. The summed E-state index contributed by atoms with van der Waals surface area (Å²) in [6, 6.07) is 9.33. The van der Waals surface area contributed by atoms with E-state index in [2.05, 4.69) is 9.88 Å². The Labute approximate surface area is 140 Å². The molecule has 1 amide bonds. The van der Waals surface area contributed by atoms with E-state index in [1.807, 2.05) is 23.1 Å². The highest BCUT2D eigenvalue weighted by molar-refractivity contribution is 6.32. The molecule has 23 heavy (non-hydrogen) atoms. The number of aromatic nitrogens is 1. The van der Waals surface area contributed by atoms with Gasteiger partial charge in [-0.3, -0.25) is 9.78 Å². The van der Waals surface area contributed by atoms with E-state index in [0.717, 1.165) is 18.8 Å². The first-order valence-electron chi connectivity index (χ1n) is 7.47. The van der Waals surface area contributed by atoms with Crippen LogP contribution < -0.4 is 9.64 Å². The third kappa shape index (κ3) is 3.40. The van der Waals surface area contributed by atoms with Gasteiger partial charge in [-0.15, -0.1) is 0 Å². The van der Waals surface area contributed by atoms with E-state index >= 15 is 0 Å². The van der Waals surface area contributed by atoms with Gasteiger partial charge in [-0.05, 0) is 30.3 Å². The van der Waals surface area contributed by atoms with Crippen molar-refractivity contribution in [1.29, 1.82) is 0 Å². The van der Waals surface area contributed by atoms with E-state index in [1.165, 1.54) is 0 Å². The molecule has 1 fully saturated rings. The Kier molecular flexibility index (Phi) is 4.67. The van der Waals surface area contributed by atoms with Crippen molar-refractivity contribution < 1.29 is 9.53 Å². The number of benzene rings is 1. The predicted octanol–water partition coefficient (Wildman–Crippen LogP) is 2.71. The van der Waals surface area contributed by atoms with Crippen LogP contribution in [0.2, 0.25) is 5.02 Å². The molecule has 1 aliphatic rings. The van der Waals surface area contributed by atoms with Gasteiger partial charge >= 0.3 is 0 Å². The maximum absolute atomic E-state index is 12.4. The zero-order valence-corrected chi connectivity index (χ0v) is 13.7. The molecule has 0 N–H and O–H groups in total. The molecule has 5 nitrogen and oxygen atoms in total. The largest absolute Gasteiger partial charge is 0.495 e. The molecule has 6 heteroatoms. The SMILES string of the molecule is COc1ccc(N2CCN(C(=O)c3cccnc3)CC2)cc1Cl. The van der Waals surface area contributed by atoms with Crippen molar-refractivity contribution in [3.8, 4) is 5.75 Å². The lowest BCUT2D eigenvalue weighted by molar-refractivity contribution is 0.0746. The summed E-state index contributed by atoms with van der Waals surface area (Å²) in [4.78, 5) is 20.5. The third-order valence-corrected chi connectivity index (χ3v) is 4.27. The van der Waals surface area contributed by atoms with Crippen LogP contribution in [0.3, 0.4) is 0 Å². The molecule has 0 saturated carbocycles. The number of hydrogen-bond acceptors (Lipinski definition) is 4. The zero-order valence-electron chi connectivity index (χ0n) is 12.9. The molecule has 0 spiro atoms. The van der Waals surface area contributed by atoms with Crippen molar-refractivity contribution in [2.24, 2.45) is 0 Å². The number of amides is 1. The summed E-state index contributed by atoms with van der Waals surface area (Å²) < 4.78 is 5.18. The monoisotopic (exact) mass is 331 g/mol. The van der Waals surface area contributed by atoms with Crippen LogP contribution in [-0.4, -0.2) is 49.1 Å². The number of carbonyl (C=O) groups excluding carboxylic acids is 1. The number of ether oxygens (including phenoxy) is 1. The maximum Gasteiger partial charge on any atom is 0.255 e. The number of halogens is 1. The van der Waals surface area contributed by atoms with Crippen molar-refractivity contribution in [2.45, 2.75) is 0 Å². The first-order chi connectivity index (χ1) is 11.2. The lowest BCUT2D eigenvalue weighted by Gasteiger charge is -2.36. The summed E-state index contributed by atoms with van der Waals surface area (Å²) in [7, 11) is 1.60. The molecule has 1 aromatic heterocycles. The molecule has 1 saturated heterocycles. The van der Waals surface area contributed by atoms with Crippen LogP contribution in [0.1, 0.15) is 10.4 Å². The number of rotatable bonds is 3. The predicted molar refractivity (Wildman–Crippen MR) is 90.4 cm³/mol. The van der Waals surface area contributed by atoms with E-state index in [1.54, 1.807) is 31.6 Å². The minimum atomic E-state index is 0.0329. The number of piperazine rings is 1. The average Bonchev–Trinajstić information content (AvgIpc) is 2.62. The minimum absolute atomic E-state index is 0.0329. The highest BCUT2D eigenvalue weighted by Crippen LogP contribution is 2.29. The standard InChI is InChI=1S/C17H18ClN3O2/c1-23-16-5-4-14(11-15(16)18)20-7-9-21(10-8-20)17(22)13-3-2-6-19-12-13/h2-6,11-12H,7-10H2,1H3. The van der Waals surface area contributed by atoms with Crippen LogP contribution in [0.25, 0.3) is 0 Å². The number of hydrogen-bond donors (Lipinski definition) is 0. The second-order valence-corrected chi connectivity index (χ2v) is 5.75. The molecule has 0 atom stereocenters. The fraction of sp³-hybridized carbons (Fsp3) is 0.294. The van der Waals surface area contributed by atoms with Crippen LogP contribution in [-0.2, 0) is 0 Å². The van der Waals surface area contributed by atoms with E-state index < -0.39 is 0 Å². The molecule has 0 bridgehead atoms. The van der Waals surface area contributed by atoms with Gasteiger partial charge in [-0.25, -0.2) is 0 Å². The summed E-state index contributed by atoms with van der Waals surface area (Å²) in [6.07, 6.45) is 3.28. The number of methoxy groups -OCH3 is 1. The van der Waals surface area contributed by atoms with Gasteiger partial charge in [0.15, 0.2) is 0 Å². The van der Waals surface area contributed by atoms with Gasteiger partial charge in [0, 0.05) is 44.3 Å². The second-order valence-electron chi connectivity index (χ2n) is 5.34. The molecule has 1 aliphatic heterocycles. The molecular weight excluding hydrogens is 314 g/mol. The Balaban J connectivity index is 1.64. The molecule has 0 radical (unpaired) electrons. The summed E-state index contributed by atoms with van der Waals surface area (Å²) in [5, 5.41) is 0.596. The van der Waals surface area contributed by atoms with Gasteiger partial charge in [-0.1, -0.05) is 11.6 Å². The van der Waals surface area contributed by atoms with Gasteiger partial charge in [0.2, 0.25) is 0 Å². The van der Waals surface area contributed by atoms with Gasteiger partial charge in [0.1, 0.15) is 5.75 Å². The fourth-order valence-electron chi connectivity index (χ4n) is 2.69. The highest BCUT2D eigenvalue weighted by Gasteiger charge is 2.22. The normalized spacial score (nSPS) is 14.7. The van der Waals surface area contributed by atoms with E-state index in [4.69, 9.17) is 16.3 Å². The first kappa shape index (κ1) is 15.6. The lowest BCUT2D eigenvalue weighted by Crippen LogP contribution is -2.48. The van der Waals surface area contributed by atoms with Crippen molar-refractivity contribution >= 4 is 23.2 Å². The number of nitrogens with zero attached hydrogens (tertiary/aromatic N) is 3. The van der Waals surface area contributed by atoms with Crippen LogP contribution in [0.5, 0.6) is 5.75 Å². The molecule has 3 rings (SSSR count). The Morgan fingerprint density at radius 1 is 1.22 bits per heavy atom. The van der Waals surface area contributed by atoms with E-state index in [9.17, 15) is 4.79 Å². The smallest absolute Gasteiger partial charge is 0.255 e. The molecule has 0 aliphatic carbocycles. The van der Waals surface area contributed by atoms with Gasteiger partial charge in [0.05, 0.1) is 17.7 Å². The summed E-state index contributed by atoms with van der Waals surface area (Å²) in [6.45, 7) is 2.90. The molecule has 120 valence electrons. The lowest BCUT2D eigenvalue weighted by atomic mass is 10.2. The fourth-order valence-corrected chi connectivity index (χ4v) is 2.94. The maximum atomic E-state index is 12.4. The molecule has 2 aromatic rings. The molecule has 2 heterocycles. The van der Waals surface area contributed by atoms with Crippen molar-refractivity contribution in [2.75, 3.05) is 38.2 Å². The Bertz CT molecular complexity index is 685.